The molecule has 1 aliphatic heterocycles. The third-order valence-electron chi connectivity index (χ3n) is 4.35. The maximum absolute atomic E-state index is 12.2. The Morgan fingerprint density at radius 1 is 1.32 bits per heavy atom. The number of carbonyl (C=O) groups is 1. The van der Waals surface area contributed by atoms with Crippen molar-refractivity contribution < 1.29 is 4.79 Å². The van der Waals surface area contributed by atoms with Gasteiger partial charge in [0.1, 0.15) is 0 Å². The summed E-state index contributed by atoms with van der Waals surface area (Å²) >= 11 is 1.58. The lowest BCUT2D eigenvalue weighted by molar-refractivity contribution is 0.0952. The van der Waals surface area contributed by atoms with E-state index in [2.05, 4.69) is 48.3 Å². The minimum absolute atomic E-state index is 0.0689. The lowest BCUT2D eigenvalue weighted by Gasteiger charge is -2.18. The molecule has 1 aromatic heterocycles. The van der Waals surface area contributed by atoms with E-state index in [1.165, 1.54) is 16.1 Å². The number of amides is 1. The van der Waals surface area contributed by atoms with Gasteiger partial charge in [-0.15, -0.1) is 11.3 Å². The molecule has 1 aromatic carbocycles. The first-order chi connectivity index (χ1) is 10.6. The molecular formula is C18H22N2OS. The van der Waals surface area contributed by atoms with Gasteiger partial charge in [-0.3, -0.25) is 4.79 Å². The Labute approximate surface area is 136 Å². The molecule has 1 saturated heterocycles. The maximum Gasteiger partial charge on any atom is 0.261 e. The van der Waals surface area contributed by atoms with E-state index in [4.69, 9.17) is 0 Å². The minimum atomic E-state index is 0.0689. The van der Waals surface area contributed by atoms with Crippen LogP contribution >= 0.6 is 11.3 Å². The molecule has 4 heteroatoms. The first kappa shape index (κ1) is 15.1. The van der Waals surface area contributed by atoms with Gasteiger partial charge in [0.05, 0.1) is 4.88 Å². The number of anilines is 1. The molecule has 2 heterocycles. The van der Waals surface area contributed by atoms with E-state index in [1.807, 2.05) is 12.1 Å². The monoisotopic (exact) mass is 314 g/mol. The summed E-state index contributed by atoms with van der Waals surface area (Å²) in [5, 5.41) is 3.10. The van der Waals surface area contributed by atoms with Gasteiger partial charge in [-0.05, 0) is 49.9 Å². The van der Waals surface area contributed by atoms with Crippen molar-refractivity contribution in [1.82, 2.24) is 5.32 Å². The molecule has 2 aromatic rings. The zero-order chi connectivity index (χ0) is 15.5. The van der Waals surface area contributed by atoms with Gasteiger partial charge in [-0.1, -0.05) is 18.2 Å². The average molecular weight is 314 g/mol. The molecule has 1 aliphatic rings. The summed E-state index contributed by atoms with van der Waals surface area (Å²) in [5.74, 6) is 0.602. The molecule has 0 radical (unpaired) electrons. The molecule has 0 saturated carbocycles. The molecule has 0 unspecified atom stereocenters. The lowest BCUT2D eigenvalue weighted by Crippen LogP contribution is -2.30. The lowest BCUT2D eigenvalue weighted by atomic mass is 10.1. The van der Waals surface area contributed by atoms with Gasteiger partial charge in [0.25, 0.3) is 5.91 Å². The highest BCUT2D eigenvalue weighted by Crippen LogP contribution is 2.24. The fourth-order valence-electron chi connectivity index (χ4n) is 2.88. The number of rotatable bonds is 4. The number of benzene rings is 1. The number of carbonyl (C=O) groups excluding carboxylic acids is 1. The molecular weight excluding hydrogens is 292 g/mol. The number of aryl methyl sites for hydroxylation is 2. The molecule has 1 fully saturated rings. The second-order valence-electron chi connectivity index (χ2n) is 6.00. The van der Waals surface area contributed by atoms with E-state index >= 15 is 0 Å². The highest BCUT2D eigenvalue weighted by molar-refractivity contribution is 7.14. The predicted octanol–water partition coefficient (Wildman–Crippen LogP) is 3.62. The van der Waals surface area contributed by atoms with Gasteiger partial charge < -0.3 is 10.2 Å². The molecule has 1 atom stereocenters. The van der Waals surface area contributed by atoms with E-state index in [1.54, 1.807) is 11.3 Å². The van der Waals surface area contributed by atoms with Crippen molar-refractivity contribution in [3.05, 3.63) is 51.7 Å². The molecule has 1 amide bonds. The van der Waals surface area contributed by atoms with Gasteiger partial charge in [0.15, 0.2) is 0 Å². The van der Waals surface area contributed by atoms with Crippen molar-refractivity contribution in [2.24, 2.45) is 5.92 Å². The summed E-state index contributed by atoms with van der Waals surface area (Å²) in [5.41, 5.74) is 2.48. The standard InChI is InChI=1S/C18H22N2OS/c1-13-10-17(22-14(13)2)18(21)19-11-15-8-9-20(12-15)16-6-4-3-5-7-16/h3-7,10,15H,8-9,11-12H2,1-2H3,(H,19,21)/t15-/m0/s1. The van der Waals surface area contributed by atoms with Crippen molar-refractivity contribution in [2.75, 3.05) is 24.5 Å². The van der Waals surface area contributed by atoms with Crippen molar-refractivity contribution >= 4 is 22.9 Å². The Morgan fingerprint density at radius 2 is 2.09 bits per heavy atom. The van der Waals surface area contributed by atoms with Crippen molar-refractivity contribution in [3.63, 3.8) is 0 Å². The fourth-order valence-corrected chi connectivity index (χ4v) is 3.83. The van der Waals surface area contributed by atoms with Crippen LogP contribution in [0.4, 0.5) is 5.69 Å². The summed E-state index contributed by atoms with van der Waals surface area (Å²) in [6.07, 6.45) is 1.14. The molecule has 3 rings (SSSR count). The van der Waals surface area contributed by atoms with Crippen LogP contribution in [0.2, 0.25) is 0 Å². The van der Waals surface area contributed by atoms with E-state index < -0.39 is 0 Å². The summed E-state index contributed by atoms with van der Waals surface area (Å²) < 4.78 is 0. The number of hydrogen-bond donors (Lipinski definition) is 1. The van der Waals surface area contributed by atoms with Gasteiger partial charge in [0, 0.05) is 30.2 Å². The van der Waals surface area contributed by atoms with Crippen LogP contribution in [0.5, 0.6) is 0 Å². The van der Waals surface area contributed by atoms with E-state index in [0.29, 0.717) is 5.92 Å². The number of para-hydroxylation sites is 1. The number of nitrogens with one attached hydrogen (secondary N) is 1. The highest BCUT2D eigenvalue weighted by Gasteiger charge is 2.23. The quantitative estimate of drug-likeness (QED) is 0.935. The van der Waals surface area contributed by atoms with Crippen molar-refractivity contribution in [3.8, 4) is 0 Å². The first-order valence-corrected chi connectivity index (χ1v) is 8.60. The summed E-state index contributed by atoms with van der Waals surface area (Å²) in [6.45, 7) is 6.97. The summed E-state index contributed by atoms with van der Waals surface area (Å²) in [4.78, 5) is 16.7. The third-order valence-corrected chi connectivity index (χ3v) is 5.50. The summed E-state index contributed by atoms with van der Waals surface area (Å²) in [7, 11) is 0. The third kappa shape index (κ3) is 3.33. The highest BCUT2D eigenvalue weighted by atomic mass is 32.1. The van der Waals surface area contributed by atoms with Crippen LogP contribution in [-0.4, -0.2) is 25.5 Å². The molecule has 3 nitrogen and oxygen atoms in total. The first-order valence-electron chi connectivity index (χ1n) is 7.78. The van der Waals surface area contributed by atoms with Crippen LogP contribution in [0.3, 0.4) is 0 Å². The number of nitrogens with zero attached hydrogens (tertiary/aromatic N) is 1. The van der Waals surface area contributed by atoms with Crippen molar-refractivity contribution in [1.29, 1.82) is 0 Å². The minimum Gasteiger partial charge on any atom is -0.371 e. The Bertz CT molecular complexity index is 631. The Hall–Kier alpha value is -1.81. The van der Waals surface area contributed by atoms with Crippen LogP contribution in [-0.2, 0) is 0 Å². The topological polar surface area (TPSA) is 32.3 Å². The van der Waals surface area contributed by atoms with Crippen LogP contribution in [0.1, 0.15) is 26.5 Å². The molecule has 0 bridgehead atoms. The van der Waals surface area contributed by atoms with Crippen LogP contribution < -0.4 is 10.2 Å². The molecule has 116 valence electrons. The van der Waals surface area contributed by atoms with Crippen LogP contribution in [0.25, 0.3) is 0 Å². The Morgan fingerprint density at radius 3 is 2.77 bits per heavy atom. The van der Waals surface area contributed by atoms with Gasteiger partial charge in [-0.25, -0.2) is 0 Å². The van der Waals surface area contributed by atoms with Crippen molar-refractivity contribution in [2.45, 2.75) is 20.3 Å². The second-order valence-corrected chi connectivity index (χ2v) is 7.25. The maximum atomic E-state index is 12.2. The van der Waals surface area contributed by atoms with Crippen LogP contribution in [0.15, 0.2) is 36.4 Å². The number of hydrogen-bond acceptors (Lipinski definition) is 3. The van der Waals surface area contributed by atoms with Gasteiger partial charge in [0.2, 0.25) is 0 Å². The largest absolute Gasteiger partial charge is 0.371 e. The van der Waals surface area contributed by atoms with Crippen LogP contribution in [0, 0.1) is 19.8 Å². The SMILES string of the molecule is Cc1cc(C(=O)NC[C@@H]2CCN(c3ccccc3)C2)sc1C. The molecule has 1 N–H and O–H groups in total. The molecule has 0 spiro atoms. The Kier molecular flexibility index (Phi) is 4.48. The van der Waals surface area contributed by atoms with E-state index in [-0.39, 0.29) is 5.91 Å². The van der Waals surface area contributed by atoms with E-state index in [0.717, 1.165) is 30.9 Å². The molecule has 0 aliphatic carbocycles. The van der Waals surface area contributed by atoms with Gasteiger partial charge in [-0.2, -0.15) is 0 Å². The second kappa shape index (κ2) is 6.53. The zero-order valence-electron chi connectivity index (χ0n) is 13.1. The smallest absolute Gasteiger partial charge is 0.261 e. The fraction of sp³-hybridized carbons (Fsp3) is 0.389. The summed E-state index contributed by atoms with van der Waals surface area (Å²) in [6, 6.07) is 12.5. The number of thiophene rings is 1. The molecule has 22 heavy (non-hydrogen) atoms. The predicted molar refractivity (Wildman–Crippen MR) is 92.9 cm³/mol. The van der Waals surface area contributed by atoms with E-state index in [9.17, 15) is 4.79 Å². The zero-order valence-corrected chi connectivity index (χ0v) is 14.0. The Balaban J connectivity index is 1.51. The van der Waals surface area contributed by atoms with Gasteiger partial charge >= 0.3 is 0 Å². The average Bonchev–Trinajstić information content (AvgIpc) is 3.13. The normalized spacial score (nSPS) is 17.7.